The first-order chi connectivity index (χ1) is 6.29. The largest absolute Gasteiger partial charge is 0.492 e. The fourth-order valence-electron chi connectivity index (χ4n) is 1.69. The predicted octanol–water partition coefficient (Wildman–Crippen LogP) is 1.51. The number of hydrogen-bond donors (Lipinski definition) is 1. The van der Waals surface area contributed by atoms with Crippen molar-refractivity contribution in [1.29, 1.82) is 0 Å². The normalized spacial score (nSPS) is 20.6. The van der Waals surface area contributed by atoms with E-state index >= 15 is 0 Å². The summed E-state index contributed by atoms with van der Waals surface area (Å²) in [7, 11) is 0. The van der Waals surface area contributed by atoms with Gasteiger partial charge in [-0.25, -0.2) is 0 Å². The summed E-state index contributed by atoms with van der Waals surface area (Å²) in [5.41, 5.74) is 8.44. The van der Waals surface area contributed by atoms with E-state index in [-0.39, 0.29) is 6.04 Å². The number of hydrogen-bond acceptors (Lipinski definition) is 2. The molecule has 0 aliphatic carbocycles. The van der Waals surface area contributed by atoms with Crippen molar-refractivity contribution in [2.75, 3.05) is 6.61 Å². The van der Waals surface area contributed by atoms with Crippen LogP contribution in [0.5, 0.6) is 5.75 Å². The maximum absolute atomic E-state index is 5.82. The van der Waals surface area contributed by atoms with Crippen LogP contribution >= 0.6 is 0 Å². The molecule has 0 aromatic heterocycles. The standard InChI is InChI=1S/C11H15NO/c1-2-8-3-4-11-9(5-8)6-10(12)7-13-11/h3-5,10H,2,6-7,12H2,1H3/t10-/m1/s1. The third kappa shape index (κ3) is 1.68. The third-order valence-electron chi connectivity index (χ3n) is 2.47. The van der Waals surface area contributed by atoms with Gasteiger partial charge in [0.2, 0.25) is 0 Å². The van der Waals surface area contributed by atoms with Crippen LogP contribution < -0.4 is 10.5 Å². The van der Waals surface area contributed by atoms with E-state index in [2.05, 4.69) is 25.1 Å². The summed E-state index contributed by atoms with van der Waals surface area (Å²) >= 11 is 0. The quantitative estimate of drug-likeness (QED) is 0.705. The first-order valence-corrected chi connectivity index (χ1v) is 4.79. The van der Waals surface area contributed by atoms with Crippen LogP contribution in [0.15, 0.2) is 18.2 Å². The van der Waals surface area contributed by atoms with Crippen LogP contribution in [0.2, 0.25) is 0 Å². The first kappa shape index (κ1) is 8.57. The molecule has 1 aliphatic heterocycles. The Morgan fingerprint density at radius 1 is 1.54 bits per heavy atom. The average Bonchev–Trinajstić information content (AvgIpc) is 2.16. The molecule has 1 aromatic carbocycles. The zero-order valence-electron chi connectivity index (χ0n) is 7.92. The molecule has 2 rings (SSSR count). The van der Waals surface area contributed by atoms with Crippen LogP contribution in [0.25, 0.3) is 0 Å². The highest BCUT2D eigenvalue weighted by Gasteiger charge is 2.16. The van der Waals surface area contributed by atoms with Crippen molar-refractivity contribution in [3.8, 4) is 5.75 Å². The van der Waals surface area contributed by atoms with E-state index < -0.39 is 0 Å². The maximum atomic E-state index is 5.82. The molecule has 1 heterocycles. The molecule has 0 radical (unpaired) electrons. The van der Waals surface area contributed by atoms with Gasteiger partial charge in [0, 0.05) is 6.04 Å². The topological polar surface area (TPSA) is 35.2 Å². The van der Waals surface area contributed by atoms with E-state index in [4.69, 9.17) is 10.5 Å². The number of rotatable bonds is 1. The Labute approximate surface area is 78.7 Å². The number of nitrogens with two attached hydrogens (primary N) is 1. The minimum absolute atomic E-state index is 0.166. The van der Waals surface area contributed by atoms with E-state index in [1.165, 1.54) is 11.1 Å². The van der Waals surface area contributed by atoms with E-state index in [0.29, 0.717) is 6.61 Å². The molecule has 13 heavy (non-hydrogen) atoms. The third-order valence-corrected chi connectivity index (χ3v) is 2.47. The lowest BCUT2D eigenvalue weighted by atomic mass is 10.00. The summed E-state index contributed by atoms with van der Waals surface area (Å²) in [6.45, 7) is 2.81. The molecular weight excluding hydrogens is 162 g/mol. The lowest BCUT2D eigenvalue weighted by molar-refractivity contribution is 0.263. The number of fused-ring (bicyclic) bond motifs is 1. The van der Waals surface area contributed by atoms with Crippen LogP contribution in [0.4, 0.5) is 0 Å². The van der Waals surface area contributed by atoms with Crippen molar-refractivity contribution in [2.45, 2.75) is 25.8 Å². The summed E-state index contributed by atoms with van der Waals surface area (Å²) in [6, 6.07) is 6.55. The average molecular weight is 177 g/mol. The van der Waals surface area contributed by atoms with Crippen LogP contribution in [0.3, 0.4) is 0 Å². The van der Waals surface area contributed by atoms with E-state index in [0.717, 1.165) is 18.6 Å². The minimum Gasteiger partial charge on any atom is -0.492 e. The maximum Gasteiger partial charge on any atom is 0.122 e. The van der Waals surface area contributed by atoms with Gasteiger partial charge in [0.15, 0.2) is 0 Å². The van der Waals surface area contributed by atoms with Gasteiger partial charge in [-0.2, -0.15) is 0 Å². The first-order valence-electron chi connectivity index (χ1n) is 4.79. The monoisotopic (exact) mass is 177 g/mol. The second-order valence-corrected chi connectivity index (χ2v) is 3.57. The van der Waals surface area contributed by atoms with Crippen LogP contribution in [0.1, 0.15) is 18.1 Å². The van der Waals surface area contributed by atoms with Gasteiger partial charge in [0.05, 0.1) is 0 Å². The Kier molecular flexibility index (Phi) is 2.23. The van der Waals surface area contributed by atoms with Crippen LogP contribution in [0, 0.1) is 0 Å². The summed E-state index contributed by atoms with van der Waals surface area (Å²) in [6.07, 6.45) is 2.02. The van der Waals surface area contributed by atoms with Gasteiger partial charge in [-0.05, 0) is 30.0 Å². The fraction of sp³-hybridized carbons (Fsp3) is 0.455. The van der Waals surface area contributed by atoms with Crippen molar-refractivity contribution < 1.29 is 4.74 Å². The second-order valence-electron chi connectivity index (χ2n) is 3.57. The van der Waals surface area contributed by atoms with Crippen molar-refractivity contribution >= 4 is 0 Å². The highest BCUT2D eigenvalue weighted by atomic mass is 16.5. The Balaban J connectivity index is 2.32. The van der Waals surface area contributed by atoms with Gasteiger partial charge < -0.3 is 10.5 Å². The Morgan fingerprint density at radius 2 is 2.38 bits per heavy atom. The van der Waals surface area contributed by atoms with Crippen molar-refractivity contribution in [1.82, 2.24) is 0 Å². The number of aryl methyl sites for hydroxylation is 1. The van der Waals surface area contributed by atoms with E-state index in [1.807, 2.05) is 0 Å². The highest BCUT2D eigenvalue weighted by molar-refractivity contribution is 5.39. The van der Waals surface area contributed by atoms with E-state index in [9.17, 15) is 0 Å². The van der Waals surface area contributed by atoms with Gasteiger partial charge >= 0.3 is 0 Å². The molecule has 0 amide bonds. The fourth-order valence-corrected chi connectivity index (χ4v) is 1.69. The molecule has 2 heteroatoms. The van der Waals surface area contributed by atoms with Gasteiger partial charge in [-0.3, -0.25) is 0 Å². The SMILES string of the molecule is CCc1ccc2c(c1)C[C@@H](N)CO2. The molecule has 0 bridgehead atoms. The summed E-state index contributed by atoms with van der Waals surface area (Å²) in [4.78, 5) is 0. The van der Waals surface area contributed by atoms with Crippen LogP contribution in [-0.4, -0.2) is 12.6 Å². The molecule has 0 saturated heterocycles. The lowest BCUT2D eigenvalue weighted by Crippen LogP contribution is -2.33. The van der Waals surface area contributed by atoms with Gasteiger partial charge in [-0.15, -0.1) is 0 Å². The Hall–Kier alpha value is -1.02. The molecule has 1 atom stereocenters. The molecular formula is C11H15NO. The molecule has 1 aromatic rings. The van der Waals surface area contributed by atoms with Crippen molar-refractivity contribution in [3.05, 3.63) is 29.3 Å². The molecule has 0 fully saturated rings. The molecule has 0 spiro atoms. The summed E-state index contributed by atoms with van der Waals surface area (Å²) < 4.78 is 5.51. The summed E-state index contributed by atoms with van der Waals surface area (Å²) in [5.74, 6) is 1.01. The molecule has 1 aliphatic rings. The lowest BCUT2D eigenvalue weighted by Gasteiger charge is -2.22. The smallest absolute Gasteiger partial charge is 0.122 e. The zero-order chi connectivity index (χ0) is 9.26. The van der Waals surface area contributed by atoms with Gasteiger partial charge in [0.1, 0.15) is 12.4 Å². The Bertz CT molecular complexity index is 309. The molecule has 70 valence electrons. The molecule has 0 saturated carbocycles. The zero-order valence-corrected chi connectivity index (χ0v) is 7.92. The number of benzene rings is 1. The molecule has 0 unspecified atom stereocenters. The van der Waals surface area contributed by atoms with Crippen LogP contribution in [-0.2, 0) is 12.8 Å². The van der Waals surface area contributed by atoms with Crippen molar-refractivity contribution in [2.24, 2.45) is 5.73 Å². The van der Waals surface area contributed by atoms with E-state index in [1.54, 1.807) is 0 Å². The Morgan fingerprint density at radius 3 is 3.15 bits per heavy atom. The molecule has 2 N–H and O–H groups in total. The second kappa shape index (κ2) is 3.38. The molecule has 2 nitrogen and oxygen atoms in total. The van der Waals surface area contributed by atoms with Gasteiger partial charge in [-0.1, -0.05) is 19.1 Å². The predicted molar refractivity (Wildman–Crippen MR) is 53.0 cm³/mol. The number of ether oxygens (including phenoxy) is 1. The van der Waals surface area contributed by atoms with Crippen molar-refractivity contribution in [3.63, 3.8) is 0 Å². The van der Waals surface area contributed by atoms with Gasteiger partial charge in [0.25, 0.3) is 0 Å². The minimum atomic E-state index is 0.166. The highest BCUT2D eigenvalue weighted by Crippen LogP contribution is 2.25. The summed E-state index contributed by atoms with van der Waals surface area (Å²) in [5, 5.41) is 0.